The first-order valence-electron chi connectivity index (χ1n) is 8.63. The Bertz CT molecular complexity index is 905. The smallest absolute Gasteiger partial charge is 0.150 e. The SMILES string of the molecule is CN(C)Cc1cc(CN2CCc3nc(-c4ccccc4Cl)sc3C2)no1. The average molecular weight is 389 g/mol. The van der Waals surface area contributed by atoms with E-state index in [-0.39, 0.29) is 0 Å². The largest absolute Gasteiger partial charge is 0.360 e. The topological polar surface area (TPSA) is 45.4 Å². The quantitative estimate of drug-likeness (QED) is 0.659. The Morgan fingerprint density at radius 2 is 2.15 bits per heavy atom. The first-order chi connectivity index (χ1) is 12.6. The Morgan fingerprint density at radius 3 is 2.96 bits per heavy atom. The fraction of sp³-hybridized carbons (Fsp3) is 0.368. The molecule has 0 amide bonds. The van der Waals surface area contributed by atoms with Gasteiger partial charge in [0.05, 0.1) is 23.0 Å². The van der Waals surface area contributed by atoms with Gasteiger partial charge in [-0.15, -0.1) is 11.3 Å². The fourth-order valence-electron chi connectivity index (χ4n) is 3.18. The predicted octanol–water partition coefficient (Wildman–Crippen LogP) is 4.07. The Kier molecular flexibility index (Phi) is 5.09. The highest BCUT2D eigenvalue weighted by atomic mass is 35.5. The molecule has 0 spiro atoms. The van der Waals surface area contributed by atoms with E-state index >= 15 is 0 Å². The summed E-state index contributed by atoms with van der Waals surface area (Å²) in [5.41, 5.74) is 3.21. The molecular formula is C19H21ClN4OS. The van der Waals surface area contributed by atoms with Gasteiger partial charge in [-0.1, -0.05) is 35.0 Å². The maximum absolute atomic E-state index is 6.33. The second kappa shape index (κ2) is 7.48. The van der Waals surface area contributed by atoms with E-state index in [1.165, 1.54) is 10.6 Å². The molecule has 0 radical (unpaired) electrons. The molecule has 3 heterocycles. The molecule has 0 N–H and O–H groups in total. The summed E-state index contributed by atoms with van der Waals surface area (Å²) in [5, 5.41) is 5.98. The molecule has 1 aromatic carbocycles. The average Bonchev–Trinajstić information content (AvgIpc) is 3.21. The minimum Gasteiger partial charge on any atom is -0.360 e. The number of halogens is 1. The maximum Gasteiger partial charge on any atom is 0.150 e. The zero-order valence-electron chi connectivity index (χ0n) is 14.9. The van der Waals surface area contributed by atoms with E-state index in [1.807, 2.05) is 38.4 Å². The zero-order chi connectivity index (χ0) is 18.1. The number of nitrogens with zero attached hydrogens (tertiary/aromatic N) is 4. The summed E-state index contributed by atoms with van der Waals surface area (Å²) < 4.78 is 5.42. The van der Waals surface area contributed by atoms with Gasteiger partial charge in [-0.2, -0.15) is 0 Å². The summed E-state index contributed by atoms with van der Waals surface area (Å²) >= 11 is 8.07. The molecule has 0 saturated heterocycles. The molecule has 0 unspecified atom stereocenters. The van der Waals surface area contributed by atoms with Gasteiger partial charge in [0.1, 0.15) is 5.01 Å². The Labute approximate surface area is 162 Å². The molecule has 2 aromatic heterocycles. The van der Waals surface area contributed by atoms with Gasteiger partial charge >= 0.3 is 0 Å². The van der Waals surface area contributed by atoms with Crippen molar-refractivity contribution in [1.29, 1.82) is 0 Å². The van der Waals surface area contributed by atoms with Crippen molar-refractivity contribution in [2.24, 2.45) is 0 Å². The number of hydrogen-bond acceptors (Lipinski definition) is 6. The molecule has 0 aliphatic carbocycles. The Hall–Kier alpha value is -1.73. The van der Waals surface area contributed by atoms with Gasteiger partial charge < -0.3 is 9.42 Å². The maximum atomic E-state index is 6.33. The number of fused-ring (bicyclic) bond motifs is 1. The third-order valence-corrected chi connectivity index (χ3v) is 5.83. The molecule has 0 saturated carbocycles. The summed E-state index contributed by atoms with van der Waals surface area (Å²) in [5.74, 6) is 0.904. The van der Waals surface area contributed by atoms with Gasteiger partial charge in [0.15, 0.2) is 5.76 Å². The Morgan fingerprint density at radius 1 is 1.31 bits per heavy atom. The molecule has 26 heavy (non-hydrogen) atoms. The third kappa shape index (κ3) is 3.83. The second-order valence-corrected chi connectivity index (χ2v) is 8.34. The van der Waals surface area contributed by atoms with Crippen LogP contribution in [0.25, 0.3) is 10.6 Å². The van der Waals surface area contributed by atoms with E-state index in [2.05, 4.69) is 21.0 Å². The normalized spacial score (nSPS) is 14.8. The van der Waals surface area contributed by atoms with E-state index in [9.17, 15) is 0 Å². The van der Waals surface area contributed by atoms with E-state index < -0.39 is 0 Å². The van der Waals surface area contributed by atoms with Crippen LogP contribution in [0.4, 0.5) is 0 Å². The predicted molar refractivity (Wildman–Crippen MR) is 104 cm³/mol. The van der Waals surface area contributed by atoms with Crippen LogP contribution in [0.5, 0.6) is 0 Å². The monoisotopic (exact) mass is 388 g/mol. The molecule has 1 aliphatic heterocycles. The van der Waals surface area contributed by atoms with Gasteiger partial charge in [0, 0.05) is 42.6 Å². The molecule has 0 fully saturated rings. The van der Waals surface area contributed by atoms with Gasteiger partial charge in [0.25, 0.3) is 0 Å². The number of rotatable bonds is 5. The van der Waals surface area contributed by atoms with Gasteiger partial charge in [0.2, 0.25) is 0 Å². The third-order valence-electron chi connectivity index (χ3n) is 4.38. The van der Waals surface area contributed by atoms with Crippen LogP contribution < -0.4 is 0 Å². The molecule has 136 valence electrons. The lowest BCUT2D eigenvalue weighted by Crippen LogP contribution is -2.29. The minimum atomic E-state index is 0.756. The van der Waals surface area contributed by atoms with Crippen LogP contribution in [0.15, 0.2) is 34.9 Å². The van der Waals surface area contributed by atoms with Crippen molar-refractivity contribution in [3.63, 3.8) is 0 Å². The molecule has 0 bridgehead atoms. The highest BCUT2D eigenvalue weighted by molar-refractivity contribution is 7.15. The number of benzene rings is 1. The van der Waals surface area contributed by atoms with Crippen molar-refractivity contribution in [3.8, 4) is 10.6 Å². The van der Waals surface area contributed by atoms with Crippen molar-refractivity contribution >= 4 is 22.9 Å². The fourth-order valence-corrected chi connectivity index (χ4v) is 4.65. The van der Waals surface area contributed by atoms with E-state index in [0.717, 1.165) is 59.6 Å². The summed E-state index contributed by atoms with van der Waals surface area (Å²) in [6.07, 6.45) is 0.957. The molecule has 4 rings (SSSR count). The number of aromatic nitrogens is 2. The van der Waals surface area contributed by atoms with Gasteiger partial charge in [-0.05, 0) is 20.2 Å². The number of thiazole rings is 1. The first kappa shape index (κ1) is 17.7. The minimum absolute atomic E-state index is 0.756. The highest BCUT2D eigenvalue weighted by Crippen LogP contribution is 2.35. The van der Waals surface area contributed by atoms with E-state index in [1.54, 1.807) is 11.3 Å². The van der Waals surface area contributed by atoms with Crippen molar-refractivity contribution in [2.75, 3.05) is 20.6 Å². The van der Waals surface area contributed by atoms with Crippen molar-refractivity contribution < 1.29 is 4.52 Å². The molecule has 3 aromatic rings. The Balaban J connectivity index is 1.46. The summed E-state index contributed by atoms with van der Waals surface area (Å²) in [4.78, 5) is 10.6. The lowest BCUT2D eigenvalue weighted by Gasteiger charge is -2.24. The number of hydrogen-bond donors (Lipinski definition) is 0. The summed E-state index contributed by atoms with van der Waals surface area (Å²) in [6.45, 7) is 3.45. The van der Waals surface area contributed by atoms with E-state index in [4.69, 9.17) is 21.1 Å². The van der Waals surface area contributed by atoms with Crippen LogP contribution in [-0.2, 0) is 26.1 Å². The van der Waals surface area contributed by atoms with E-state index in [0.29, 0.717) is 0 Å². The molecule has 0 atom stereocenters. The van der Waals surface area contributed by atoms with Crippen LogP contribution in [0.3, 0.4) is 0 Å². The lowest BCUT2D eigenvalue weighted by atomic mass is 10.1. The van der Waals surface area contributed by atoms with Crippen molar-refractivity contribution in [2.45, 2.75) is 26.1 Å². The van der Waals surface area contributed by atoms with Crippen molar-refractivity contribution in [3.05, 3.63) is 57.4 Å². The first-order valence-corrected chi connectivity index (χ1v) is 9.83. The van der Waals surface area contributed by atoms with Crippen LogP contribution in [0.2, 0.25) is 5.02 Å². The lowest BCUT2D eigenvalue weighted by molar-refractivity contribution is 0.237. The molecule has 7 heteroatoms. The van der Waals surface area contributed by atoms with Crippen LogP contribution in [0, 0.1) is 0 Å². The summed E-state index contributed by atoms with van der Waals surface area (Å²) in [7, 11) is 4.05. The molecular weight excluding hydrogens is 368 g/mol. The molecule has 1 aliphatic rings. The standard InChI is InChI=1S/C19H21ClN4OS/c1-23(2)11-14-9-13(22-25-14)10-24-8-7-17-18(12-24)26-19(21-17)15-5-3-4-6-16(15)20/h3-6,9H,7-8,10-12H2,1-2H3. The van der Waals surface area contributed by atoms with Gasteiger partial charge in [-0.25, -0.2) is 4.98 Å². The highest BCUT2D eigenvalue weighted by Gasteiger charge is 2.22. The van der Waals surface area contributed by atoms with Gasteiger partial charge in [-0.3, -0.25) is 4.90 Å². The second-order valence-electron chi connectivity index (χ2n) is 6.85. The zero-order valence-corrected chi connectivity index (χ0v) is 16.5. The van der Waals surface area contributed by atoms with Crippen LogP contribution >= 0.6 is 22.9 Å². The summed E-state index contributed by atoms with van der Waals surface area (Å²) in [6, 6.07) is 9.95. The molecule has 5 nitrogen and oxygen atoms in total. The van der Waals surface area contributed by atoms with Crippen LogP contribution in [0.1, 0.15) is 22.0 Å². The van der Waals surface area contributed by atoms with Crippen LogP contribution in [-0.4, -0.2) is 40.6 Å². The van der Waals surface area contributed by atoms with Crippen molar-refractivity contribution in [1.82, 2.24) is 19.9 Å².